The number of aliphatic hydroxyl groups is 1. The van der Waals surface area contributed by atoms with Gasteiger partial charge in [-0.25, -0.2) is 9.59 Å². The quantitative estimate of drug-likeness (QED) is 0.585. The molecule has 0 fully saturated rings. The molecule has 0 aromatic heterocycles. The van der Waals surface area contributed by atoms with Crippen LogP contribution in [0.3, 0.4) is 0 Å². The van der Waals surface area contributed by atoms with Gasteiger partial charge in [0.2, 0.25) is 0 Å². The SMILES string of the molecule is CO.Clc1ccccc1.O=C(O)C(=O)O. The first-order valence-electron chi connectivity index (χ1n) is 3.65. The maximum Gasteiger partial charge on any atom is 0.414 e. The molecule has 1 rings (SSSR count). The number of aliphatic hydroxyl groups excluding tert-OH is 1. The van der Waals surface area contributed by atoms with Crippen molar-refractivity contribution in [3.05, 3.63) is 35.4 Å². The Kier molecular flexibility index (Phi) is 11.1. The third kappa shape index (κ3) is 12.4. The molecule has 3 N–H and O–H groups in total. The fraction of sp³-hybridized carbons (Fsp3) is 0.111. The van der Waals surface area contributed by atoms with Crippen molar-refractivity contribution in [2.75, 3.05) is 7.11 Å². The standard InChI is InChI=1S/C6H5Cl.C2H2O4.CH4O/c7-6-4-2-1-3-5-6;3-1(4)2(5)6;1-2/h1-5H;(H,3,4)(H,5,6);2H,1H3. The van der Waals surface area contributed by atoms with Gasteiger partial charge in [-0.2, -0.15) is 0 Å². The van der Waals surface area contributed by atoms with Crippen LogP contribution in [0.5, 0.6) is 0 Å². The Balaban J connectivity index is 0. The molecule has 0 unspecified atom stereocenters. The summed E-state index contributed by atoms with van der Waals surface area (Å²) >= 11 is 5.54. The fourth-order valence-corrected chi connectivity index (χ4v) is 0.560. The molecule has 0 aliphatic rings. The molecule has 0 heterocycles. The number of hydrogen-bond donors (Lipinski definition) is 3. The highest BCUT2D eigenvalue weighted by Gasteiger charge is 2.04. The van der Waals surface area contributed by atoms with Gasteiger partial charge in [0, 0.05) is 12.1 Å². The first kappa shape index (κ1) is 15.9. The number of hydrogen-bond acceptors (Lipinski definition) is 3. The number of halogens is 1. The Hall–Kier alpha value is -1.59. The predicted octanol–water partition coefficient (Wildman–Crippen LogP) is 1.10. The van der Waals surface area contributed by atoms with Gasteiger partial charge in [-0.3, -0.25) is 0 Å². The van der Waals surface area contributed by atoms with E-state index in [1.165, 1.54) is 0 Å². The van der Waals surface area contributed by atoms with Crippen molar-refractivity contribution in [3.8, 4) is 0 Å². The third-order valence-electron chi connectivity index (χ3n) is 0.916. The lowest BCUT2D eigenvalue weighted by atomic mass is 10.4. The summed E-state index contributed by atoms with van der Waals surface area (Å²) in [6.45, 7) is 0. The summed E-state index contributed by atoms with van der Waals surface area (Å²) in [4.78, 5) is 18.2. The highest BCUT2D eigenvalue weighted by Crippen LogP contribution is 2.03. The number of benzene rings is 1. The summed E-state index contributed by atoms with van der Waals surface area (Å²) in [7, 11) is 1.00. The van der Waals surface area contributed by atoms with E-state index in [0.29, 0.717) is 0 Å². The topological polar surface area (TPSA) is 94.8 Å². The number of carbonyl (C=O) groups is 2. The Morgan fingerprint density at radius 1 is 1.00 bits per heavy atom. The number of carboxylic acid groups (broad SMARTS) is 2. The average molecular weight is 235 g/mol. The van der Waals surface area contributed by atoms with E-state index < -0.39 is 11.9 Å². The zero-order chi connectivity index (χ0) is 12.3. The number of carboxylic acids is 2. The molecule has 15 heavy (non-hydrogen) atoms. The molecule has 0 spiro atoms. The maximum atomic E-state index is 9.10. The first-order chi connectivity index (χ1) is 7.04. The van der Waals surface area contributed by atoms with E-state index in [1.807, 2.05) is 30.3 Å². The molecule has 0 bridgehead atoms. The van der Waals surface area contributed by atoms with Crippen LogP contribution in [0.4, 0.5) is 0 Å². The molecule has 84 valence electrons. The molecule has 0 aliphatic heterocycles. The smallest absolute Gasteiger partial charge is 0.414 e. The second-order valence-electron chi connectivity index (χ2n) is 1.91. The van der Waals surface area contributed by atoms with Crippen molar-refractivity contribution >= 4 is 23.5 Å². The molecule has 0 atom stereocenters. The lowest BCUT2D eigenvalue weighted by molar-refractivity contribution is -0.159. The Labute approximate surface area is 91.5 Å². The van der Waals surface area contributed by atoms with Gasteiger partial charge in [0.15, 0.2) is 0 Å². The minimum atomic E-state index is -1.82. The second kappa shape index (κ2) is 10.5. The van der Waals surface area contributed by atoms with Gasteiger partial charge in [0.25, 0.3) is 0 Å². The predicted molar refractivity (Wildman–Crippen MR) is 54.9 cm³/mol. The van der Waals surface area contributed by atoms with Crippen molar-refractivity contribution < 1.29 is 24.9 Å². The molecule has 0 saturated carbocycles. The van der Waals surface area contributed by atoms with E-state index in [2.05, 4.69) is 0 Å². The monoisotopic (exact) mass is 234 g/mol. The largest absolute Gasteiger partial charge is 0.473 e. The summed E-state index contributed by atoms with van der Waals surface area (Å²) in [6, 6.07) is 9.44. The Bertz CT molecular complexity index is 274. The summed E-state index contributed by atoms with van der Waals surface area (Å²) < 4.78 is 0. The van der Waals surface area contributed by atoms with E-state index in [4.69, 9.17) is 36.5 Å². The number of aliphatic carboxylic acids is 2. The van der Waals surface area contributed by atoms with Crippen molar-refractivity contribution in [2.24, 2.45) is 0 Å². The molecule has 0 amide bonds. The molecular weight excluding hydrogens is 224 g/mol. The van der Waals surface area contributed by atoms with E-state index in [9.17, 15) is 0 Å². The van der Waals surface area contributed by atoms with Crippen LogP contribution in [0, 0.1) is 0 Å². The van der Waals surface area contributed by atoms with Gasteiger partial charge in [0.05, 0.1) is 0 Å². The van der Waals surface area contributed by atoms with Crippen LogP contribution in [0.1, 0.15) is 0 Å². The molecule has 1 aromatic carbocycles. The molecule has 6 heteroatoms. The van der Waals surface area contributed by atoms with Gasteiger partial charge >= 0.3 is 11.9 Å². The number of rotatable bonds is 0. The molecule has 0 saturated heterocycles. The minimum absolute atomic E-state index is 0.794. The highest BCUT2D eigenvalue weighted by atomic mass is 35.5. The van der Waals surface area contributed by atoms with Gasteiger partial charge in [0.1, 0.15) is 0 Å². The van der Waals surface area contributed by atoms with Gasteiger partial charge in [-0.05, 0) is 12.1 Å². The van der Waals surface area contributed by atoms with Crippen LogP contribution in [-0.2, 0) is 9.59 Å². The average Bonchev–Trinajstić information content (AvgIpc) is 2.22. The molecule has 5 nitrogen and oxygen atoms in total. The van der Waals surface area contributed by atoms with Crippen LogP contribution in [0.15, 0.2) is 30.3 Å². The van der Waals surface area contributed by atoms with E-state index in [-0.39, 0.29) is 0 Å². The van der Waals surface area contributed by atoms with E-state index >= 15 is 0 Å². The molecular formula is C9H11ClO5. The van der Waals surface area contributed by atoms with Gasteiger partial charge in [-0.15, -0.1) is 0 Å². The molecule has 0 aliphatic carbocycles. The van der Waals surface area contributed by atoms with Gasteiger partial charge in [-0.1, -0.05) is 29.8 Å². The van der Waals surface area contributed by atoms with Crippen LogP contribution in [0.25, 0.3) is 0 Å². The van der Waals surface area contributed by atoms with Crippen molar-refractivity contribution in [2.45, 2.75) is 0 Å². The zero-order valence-electron chi connectivity index (χ0n) is 7.92. The van der Waals surface area contributed by atoms with Crippen molar-refractivity contribution in [1.82, 2.24) is 0 Å². The fourth-order valence-electron chi connectivity index (χ4n) is 0.415. The van der Waals surface area contributed by atoms with Crippen molar-refractivity contribution in [3.63, 3.8) is 0 Å². The van der Waals surface area contributed by atoms with Crippen LogP contribution in [0.2, 0.25) is 5.02 Å². The van der Waals surface area contributed by atoms with Crippen molar-refractivity contribution in [1.29, 1.82) is 0 Å². The summed E-state index contributed by atoms with van der Waals surface area (Å²) in [6.07, 6.45) is 0. The lowest BCUT2D eigenvalue weighted by Crippen LogP contribution is -2.09. The molecule has 0 radical (unpaired) electrons. The lowest BCUT2D eigenvalue weighted by Gasteiger charge is -1.80. The van der Waals surface area contributed by atoms with E-state index in [1.54, 1.807) is 0 Å². The highest BCUT2D eigenvalue weighted by molar-refractivity contribution is 6.30. The zero-order valence-corrected chi connectivity index (χ0v) is 8.68. The maximum absolute atomic E-state index is 9.10. The van der Waals surface area contributed by atoms with Crippen LogP contribution < -0.4 is 0 Å². The second-order valence-corrected chi connectivity index (χ2v) is 2.34. The summed E-state index contributed by atoms with van der Waals surface area (Å²) in [5.74, 6) is -3.65. The first-order valence-corrected chi connectivity index (χ1v) is 4.03. The summed E-state index contributed by atoms with van der Waals surface area (Å²) in [5.41, 5.74) is 0. The Morgan fingerprint density at radius 3 is 1.47 bits per heavy atom. The normalized spacial score (nSPS) is 7.40. The van der Waals surface area contributed by atoms with E-state index in [0.717, 1.165) is 12.1 Å². The van der Waals surface area contributed by atoms with Crippen LogP contribution >= 0.6 is 11.6 Å². The molecule has 1 aromatic rings. The van der Waals surface area contributed by atoms with Crippen LogP contribution in [-0.4, -0.2) is 34.4 Å². The summed E-state index contributed by atoms with van der Waals surface area (Å²) in [5, 5.41) is 22.6. The van der Waals surface area contributed by atoms with Gasteiger partial charge < -0.3 is 15.3 Å². The minimum Gasteiger partial charge on any atom is -0.473 e. The Morgan fingerprint density at radius 2 is 1.33 bits per heavy atom. The third-order valence-corrected chi connectivity index (χ3v) is 1.17.